The van der Waals surface area contributed by atoms with Gasteiger partial charge in [0.1, 0.15) is 0 Å². The van der Waals surface area contributed by atoms with Gasteiger partial charge in [0.15, 0.2) is 0 Å². The summed E-state index contributed by atoms with van der Waals surface area (Å²) in [6, 6.07) is 0. The lowest BCUT2D eigenvalue weighted by Crippen LogP contribution is -2.49. The first-order chi connectivity index (χ1) is 12.2. The molecule has 0 aromatic rings. The molecule has 138 valence electrons. The quantitative estimate of drug-likeness (QED) is 0.584. The maximum absolute atomic E-state index is 11.9. The number of aliphatic carboxylic acids is 4. The van der Waals surface area contributed by atoms with Crippen LogP contribution in [0.4, 0.5) is 0 Å². The molecule has 0 saturated carbocycles. The highest BCUT2D eigenvalue weighted by Crippen LogP contribution is 2.52. The molecule has 3 aliphatic carbocycles. The van der Waals surface area contributed by atoms with Crippen LogP contribution in [-0.4, -0.2) is 44.3 Å². The molecule has 8 nitrogen and oxygen atoms in total. The first-order valence-electron chi connectivity index (χ1n) is 8.23. The van der Waals surface area contributed by atoms with Gasteiger partial charge in [-0.1, -0.05) is 24.3 Å². The lowest BCUT2D eigenvalue weighted by molar-refractivity contribution is -0.161. The van der Waals surface area contributed by atoms with Crippen molar-refractivity contribution in [2.45, 2.75) is 12.8 Å². The zero-order valence-corrected chi connectivity index (χ0v) is 13.6. The molecule has 0 amide bonds. The molecule has 0 heterocycles. The van der Waals surface area contributed by atoms with Gasteiger partial charge in [-0.2, -0.15) is 0 Å². The zero-order valence-electron chi connectivity index (χ0n) is 13.6. The molecule has 0 radical (unpaired) electrons. The Kier molecular flexibility index (Phi) is 4.43. The first kappa shape index (κ1) is 17.9. The van der Waals surface area contributed by atoms with E-state index in [1.54, 1.807) is 24.3 Å². The number of allylic oxidation sites excluding steroid dienone is 6. The Balaban J connectivity index is 2.16. The van der Waals surface area contributed by atoms with E-state index in [0.717, 1.165) is 0 Å². The summed E-state index contributed by atoms with van der Waals surface area (Å²) in [4.78, 5) is 46.9. The molecule has 0 bridgehead atoms. The predicted octanol–water partition coefficient (Wildman–Crippen LogP) is 1.25. The Labute approximate surface area is 148 Å². The van der Waals surface area contributed by atoms with Crippen LogP contribution in [-0.2, 0) is 19.2 Å². The van der Waals surface area contributed by atoms with Crippen molar-refractivity contribution in [2.24, 2.45) is 35.5 Å². The Morgan fingerprint density at radius 3 is 1.27 bits per heavy atom. The van der Waals surface area contributed by atoms with Gasteiger partial charge >= 0.3 is 23.9 Å². The Bertz CT molecular complexity index is 710. The summed E-state index contributed by atoms with van der Waals surface area (Å²) in [5.41, 5.74) is 1.13. The van der Waals surface area contributed by atoms with E-state index in [2.05, 4.69) is 0 Å². The van der Waals surface area contributed by atoms with Crippen molar-refractivity contribution in [3.8, 4) is 0 Å². The van der Waals surface area contributed by atoms with E-state index in [0.29, 0.717) is 11.1 Å². The van der Waals surface area contributed by atoms with Gasteiger partial charge in [-0.05, 0) is 24.0 Å². The fraction of sp³-hybridized carbons (Fsp3) is 0.444. The van der Waals surface area contributed by atoms with Crippen LogP contribution >= 0.6 is 0 Å². The highest BCUT2D eigenvalue weighted by atomic mass is 16.4. The minimum atomic E-state index is -1.32. The van der Waals surface area contributed by atoms with E-state index in [-0.39, 0.29) is 12.8 Å². The van der Waals surface area contributed by atoms with Crippen molar-refractivity contribution in [2.75, 3.05) is 0 Å². The highest BCUT2D eigenvalue weighted by Gasteiger charge is 2.54. The molecule has 8 heteroatoms. The predicted molar refractivity (Wildman–Crippen MR) is 86.0 cm³/mol. The van der Waals surface area contributed by atoms with E-state index in [1.165, 1.54) is 0 Å². The molecule has 0 aliphatic heterocycles. The second kappa shape index (κ2) is 6.44. The number of carbonyl (C=O) groups is 4. The normalized spacial score (nSPS) is 35.4. The lowest BCUT2D eigenvalue weighted by atomic mass is 9.56. The lowest BCUT2D eigenvalue weighted by Gasteiger charge is -2.45. The van der Waals surface area contributed by atoms with Crippen molar-refractivity contribution in [1.29, 1.82) is 0 Å². The monoisotopic (exact) mass is 362 g/mol. The molecule has 0 saturated heterocycles. The molecule has 3 aliphatic rings. The molecule has 6 atom stereocenters. The number of rotatable bonds is 4. The van der Waals surface area contributed by atoms with E-state index in [9.17, 15) is 39.6 Å². The highest BCUT2D eigenvalue weighted by molar-refractivity contribution is 5.84. The van der Waals surface area contributed by atoms with E-state index in [1.807, 2.05) is 0 Å². The fourth-order valence-electron chi connectivity index (χ4n) is 4.58. The molecule has 4 N–H and O–H groups in total. The second-order valence-electron chi connectivity index (χ2n) is 6.88. The largest absolute Gasteiger partial charge is 0.481 e. The summed E-state index contributed by atoms with van der Waals surface area (Å²) < 4.78 is 0. The van der Waals surface area contributed by atoms with Crippen molar-refractivity contribution < 1.29 is 39.6 Å². The summed E-state index contributed by atoms with van der Waals surface area (Å²) in [6.45, 7) is 0. The molecule has 26 heavy (non-hydrogen) atoms. The van der Waals surface area contributed by atoms with Crippen LogP contribution in [0.1, 0.15) is 12.8 Å². The van der Waals surface area contributed by atoms with Crippen molar-refractivity contribution in [3.63, 3.8) is 0 Å². The Hall–Kier alpha value is -2.90. The average Bonchev–Trinajstić information content (AvgIpc) is 2.58. The van der Waals surface area contributed by atoms with Gasteiger partial charge in [-0.15, -0.1) is 0 Å². The van der Waals surface area contributed by atoms with Crippen LogP contribution in [0.25, 0.3) is 0 Å². The average molecular weight is 362 g/mol. The molecule has 0 aromatic carbocycles. The number of carboxylic acid groups (broad SMARTS) is 4. The minimum absolute atomic E-state index is 0.0360. The molecule has 3 rings (SSSR count). The Morgan fingerprint density at radius 1 is 0.654 bits per heavy atom. The summed E-state index contributed by atoms with van der Waals surface area (Å²) in [5.74, 6) is -11.9. The summed E-state index contributed by atoms with van der Waals surface area (Å²) in [5, 5.41) is 38.2. The summed E-state index contributed by atoms with van der Waals surface area (Å²) >= 11 is 0. The molecule has 0 spiro atoms. The van der Waals surface area contributed by atoms with Crippen molar-refractivity contribution in [3.05, 3.63) is 35.5 Å². The molecule has 6 unspecified atom stereocenters. The van der Waals surface area contributed by atoms with E-state index >= 15 is 0 Å². The van der Waals surface area contributed by atoms with Gasteiger partial charge in [0.2, 0.25) is 0 Å². The van der Waals surface area contributed by atoms with Gasteiger partial charge < -0.3 is 20.4 Å². The number of hydrogen-bond acceptors (Lipinski definition) is 4. The number of hydrogen-bond donors (Lipinski definition) is 4. The van der Waals surface area contributed by atoms with Crippen LogP contribution in [0.15, 0.2) is 35.5 Å². The van der Waals surface area contributed by atoms with Crippen LogP contribution in [0.5, 0.6) is 0 Å². The third-order valence-corrected chi connectivity index (χ3v) is 5.69. The van der Waals surface area contributed by atoms with E-state index in [4.69, 9.17) is 0 Å². The number of fused-ring (bicyclic) bond motifs is 3. The van der Waals surface area contributed by atoms with Crippen LogP contribution in [0.2, 0.25) is 0 Å². The van der Waals surface area contributed by atoms with Crippen molar-refractivity contribution in [1.82, 2.24) is 0 Å². The van der Waals surface area contributed by atoms with Gasteiger partial charge in [-0.3, -0.25) is 19.2 Å². The maximum atomic E-state index is 11.9. The molecular formula is C18H18O8. The van der Waals surface area contributed by atoms with Crippen molar-refractivity contribution >= 4 is 23.9 Å². The SMILES string of the molecule is O=C(O)C1CC=C2C=CC3=CCC(C(=O)O)C(C(=O)O)C3C2C1C(=O)O. The fourth-order valence-corrected chi connectivity index (χ4v) is 4.58. The van der Waals surface area contributed by atoms with Crippen LogP contribution in [0, 0.1) is 35.5 Å². The van der Waals surface area contributed by atoms with Crippen LogP contribution < -0.4 is 0 Å². The van der Waals surface area contributed by atoms with Gasteiger partial charge in [0, 0.05) is 11.8 Å². The zero-order chi connectivity index (χ0) is 19.2. The topological polar surface area (TPSA) is 149 Å². The summed E-state index contributed by atoms with van der Waals surface area (Å²) in [7, 11) is 0. The Morgan fingerprint density at radius 2 is 1.00 bits per heavy atom. The van der Waals surface area contributed by atoms with Gasteiger partial charge in [0.25, 0.3) is 0 Å². The molecular weight excluding hydrogens is 344 g/mol. The summed E-state index contributed by atoms with van der Waals surface area (Å²) in [6.07, 6.45) is 6.68. The number of carboxylic acids is 4. The van der Waals surface area contributed by atoms with Gasteiger partial charge in [-0.25, -0.2) is 0 Å². The second-order valence-corrected chi connectivity index (χ2v) is 6.88. The van der Waals surface area contributed by atoms with E-state index < -0.39 is 59.4 Å². The van der Waals surface area contributed by atoms with Gasteiger partial charge in [0.05, 0.1) is 23.7 Å². The third kappa shape index (κ3) is 2.71. The molecule has 0 aromatic heterocycles. The molecule has 0 fully saturated rings. The first-order valence-corrected chi connectivity index (χ1v) is 8.23. The third-order valence-electron chi connectivity index (χ3n) is 5.69. The van der Waals surface area contributed by atoms with Crippen LogP contribution in [0.3, 0.4) is 0 Å². The standard InChI is InChI=1S/C18H18O8/c19-15(20)9-5-3-7-1-2-8-4-6-10(16(21)22)14(18(25)26)12(8)11(7)13(9)17(23)24/h1-4,9-14H,5-6H2,(H,19,20)(H,21,22)(H,23,24)(H,25,26). The maximum Gasteiger partial charge on any atom is 0.308 e. The minimum Gasteiger partial charge on any atom is -0.481 e. The smallest absolute Gasteiger partial charge is 0.308 e.